The Morgan fingerprint density at radius 1 is 0.900 bits per heavy atom. The predicted molar refractivity (Wildman–Crippen MR) is 119 cm³/mol. The lowest BCUT2D eigenvalue weighted by molar-refractivity contribution is 0.356. The molecule has 0 saturated carbocycles. The third kappa shape index (κ3) is 6.03. The normalized spacial score (nSPS) is 16.1. The van der Waals surface area contributed by atoms with Gasteiger partial charge in [-0.05, 0) is 36.2 Å². The van der Waals surface area contributed by atoms with Crippen LogP contribution in [0.2, 0.25) is 5.02 Å². The molecule has 1 heterocycles. The summed E-state index contributed by atoms with van der Waals surface area (Å²) in [5.41, 5.74) is 0.985. The molecule has 1 saturated heterocycles. The Balaban J connectivity index is 1.78. The number of sulfonamides is 2. The highest BCUT2D eigenvalue weighted by atomic mass is 35.5. The van der Waals surface area contributed by atoms with Crippen molar-refractivity contribution in [3.63, 3.8) is 0 Å². The molecule has 7 nitrogen and oxygen atoms in total. The van der Waals surface area contributed by atoms with Gasteiger partial charge in [-0.2, -0.15) is 8.61 Å². The van der Waals surface area contributed by atoms with E-state index in [0.29, 0.717) is 37.6 Å². The Labute approximate surface area is 183 Å². The van der Waals surface area contributed by atoms with E-state index in [4.69, 9.17) is 11.6 Å². The fraction of sp³-hybridized carbons (Fsp3) is 0.400. The maximum Gasteiger partial charge on any atom is 0.243 e. The number of nitrogens with zero attached hydrogens (tertiary/aromatic N) is 2. The van der Waals surface area contributed by atoms with Gasteiger partial charge in [-0.3, -0.25) is 0 Å². The third-order valence-corrected chi connectivity index (χ3v) is 9.03. The summed E-state index contributed by atoms with van der Waals surface area (Å²) in [4.78, 5) is 0.0968. The average Bonchev–Trinajstić information content (AvgIpc) is 2.75. The third-order valence-electron chi connectivity index (χ3n) is 5.01. The fourth-order valence-corrected chi connectivity index (χ4v) is 6.41. The van der Waals surface area contributed by atoms with Gasteiger partial charge in [0.2, 0.25) is 20.0 Å². The van der Waals surface area contributed by atoms with Crippen molar-refractivity contribution in [1.29, 1.82) is 0 Å². The quantitative estimate of drug-likeness (QED) is 0.602. The van der Waals surface area contributed by atoms with Crippen LogP contribution in [0.4, 0.5) is 0 Å². The number of rotatable bonds is 9. The van der Waals surface area contributed by atoms with Crippen molar-refractivity contribution in [2.45, 2.75) is 11.3 Å². The van der Waals surface area contributed by atoms with Gasteiger partial charge in [0.1, 0.15) is 0 Å². The first-order chi connectivity index (χ1) is 14.3. The molecule has 0 amide bonds. The van der Waals surface area contributed by atoms with Gasteiger partial charge in [-0.25, -0.2) is 16.8 Å². The fourth-order valence-electron chi connectivity index (χ4n) is 3.28. The molecule has 2 aromatic rings. The standard InChI is InChI=1S/C20H26ClN3O4S2/c21-19-6-8-20(9-7-19)30(27,28)24(13-10-18-4-2-1-3-5-18)16-17-29(25,26)23-14-11-22-12-15-23/h1-9,22H,10-17H2. The Hall–Kier alpha value is -1.49. The van der Waals surface area contributed by atoms with E-state index >= 15 is 0 Å². The highest BCUT2D eigenvalue weighted by Gasteiger charge is 2.29. The molecule has 0 aliphatic carbocycles. The van der Waals surface area contributed by atoms with Crippen LogP contribution in [0.1, 0.15) is 5.56 Å². The van der Waals surface area contributed by atoms with E-state index in [9.17, 15) is 16.8 Å². The van der Waals surface area contributed by atoms with E-state index in [-0.39, 0.29) is 23.7 Å². The van der Waals surface area contributed by atoms with Gasteiger partial charge in [0.25, 0.3) is 0 Å². The molecule has 0 radical (unpaired) electrons. The molecule has 2 aromatic carbocycles. The zero-order valence-electron chi connectivity index (χ0n) is 16.6. The predicted octanol–water partition coefficient (Wildman–Crippen LogP) is 1.81. The van der Waals surface area contributed by atoms with Crippen LogP contribution in [-0.4, -0.2) is 70.5 Å². The minimum atomic E-state index is -3.86. The van der Waals surface area contributed by atoms with E-state index in [2.05, 4.69) is 5.32 Å². The molecule has 0 atom stereocenters. The summed E-state index contributed by atoms with van der Waals surface area (Å²) in [5, 5.41) is 3.55. The van der Waals surface area contributed by atoms with Crippen molar-refractivity contribution in [2.75, 3.05) is 45.0 Å². The smallest absolute Gasteiger partial charge is 0.243 e. The SMILES string of the molecule is O=S(=O)(CCN(CCc1ccccc1)S(=O)(=O)c1ccc(Cl)cc1)N1CCNCC1. The highest BCUT2D eigenvalue weighted by Crippen LogP contribution is 2.19. The van der Waals surface area contributed by atoms with Crippen LogP contribution in [0.15, 0.2) is 59.5 Å². The summed E-state index contributed by atoms with van der Waals surface area (Å²) in [6.45, 7) is 2.07. The van der Waals surface area contributed by atoms with Crippen molar-refractivity contribution >= 4 is 31.6 Å². The summed E-state index contributed by atoms with van der Waals surface area (Å²) < 4.78 is 54.6. The van der Waals surface area contributed by atoms with E-state index in [1.165, 1.54) is 32.9 Å². The molecule has 164 valence electrons. The van der Waals surface area contributed by atoms with Gasteiger partial charge in [-0.15, -0.1) is 0 Å². The average molecular weight is 472 g/mol. The summed E-state index contributed by atoms with van der Waals surface area (Å²) in [5.74, 6) is -0.255. The Morgan fingerprint density at radius 3 is 2.17 bits per heavy atom. The van der Waals surface area contributed by atoms with Crippen LogP contribution >= 0.6 is 11.6 Å². The van der Waals surface area contributed by atoms with Crippen molar-refractivity contribution in [3.05, 3.63) is 65.2 Å². The second kappa shape index (κ2) is 10.2. The zero-order chi connectivity index (χ0) is 21.6. The van der Waals surface area contributed by atoms with Crippen LogP contribution < -0.4 is 5.32 Å². The number of hydrogen-bond acceptors (Lipinski definition) is 5. The van der Waals surface area contributed by atoms with Crippen LogP contribution in [0, 0.1) is 0 Å². The minimum absolute atomic E-state index is 0.0968. The number of piperazine rings is 1. The second-order valence-electron chi connectivity index (χ2n) is 7.06. The summed E-state index contributed by atoms with van der Waals surface area (Å²) in [6, 6.07) is 15.4. The van der Waals surface area contributed by atoms with Gasteiger partial charge < -0.3 is 5.32 Å². The monoisotopic (exact) mass is 471 g/mol. The second-order valence-corrected chi connectivity index (χ2v) is 11.5. The van der Waals surface area contributed by atoms with Gasteiger partial charge in [0, 0.05) is 44.3 Å². The Morgan fingerprint density at radius 2 is 1.53 bits per heavy atom. The largest absolute Gasteiger partial charge is 0.314 e. The lowest BCUT2D eigenvalue weighted by Gasteiger charge is -2.28. The van der Waals surface area contributed by atoms with E-state index in [1.54, 1.807) is 0 Å². The summed E-state index contributed by atoms with van der Waals surface area (Å²) in [6.07, 6.45) is 0.487. The molecule has 0 bridgehead atoms. The van der Waals surface area contributed by atoms with Crippen molar-refractivity contribution < 1.29 is 16.8 Å². The molecule has 0 unspecified atom stereocenters. The maximum absolute atomic E-state index is 13.2. The molecule has 3 rings (SSSR count). The number of hydrogen-bond donors (Lipinski definition) is 1. The van der Waals surface area contributed by atoms with E-state index in [1.807, 2.05) is 30.3 Å². The molecular formula is C20H26ClN3O4S2. The lowest BCUT2D eigenvalue weighted by Crippen LogP contribution is -2.48. The molecule has 1 aliphatic heterocycles. The molecule has 1 fully saturated rings. The molecule has 0 spiro atoms. The van der Waals surface area contributed by atoms with Crippen molar-refractivity contribution in [3.8, 4) is 0 Å². The van der Waals surface area contributed by atoms with Crippen molar-refractivity contribution in [2.24, 2.45) is 0 Å². The van der Waals surface area contributed by atoms with E-state index in [0.717, 1.165) is 5.56 Å². The number of nitrogens with one attached hydrogen (secondary N) is 1. The first kappa shape index (κ1) is 23.2. The van der Waals surface area contributed by atoms with Crippen LogP contribution in [0.5, 0.6) is 0 Å². The van der Waals surface area contributed by atoms with Gasteiger partial charge in [0.05, 0.1) is 10.6 Å². The molecule has 1 N–H and O–H groups in total. The van der Waals surface area contributed by atoms with Crippen LogP contribution in [0.25, 0.3) is 0 Å². The Bertz CT molecular complexity index is 1020. The van der Waals surface area contributed by atoms with Gasteiger partial charge in [-0.1, -0.05) is 41.9 Å². The Kier molecular flexibility index (Phi) is 7.89. The van der Waals surface area contributed by atoms with Gasteiger partial charge >= 0.3 is 0 Å². The molecule has 1 aliphatic rings. The zero-order valence-corrected chi connectivity index (χ0v) is 19.0. The maximum atomic E-state index is 13.2. The molecule has 0 aromatic heterocycles. The van der Waals surface area contributed by atoms with Gasteiger partial charge in [0.15, 0.2) is 0 Å². The minimum Gasteiger partial charge on any atom is -0.314 e. The van der Waals surface area contributed by atoms with E-state index < -0.39 is 20.0 Å². The molecular weight excluding hydrogens is 446 g/mol. The molecule has 10 heteroatoms. The number of benzene rings is 2. The van der Waals surface area contributed by atoms with Crippen molar-refractivity contribution in [1.82, 2.24) is 13.9 Å². The van der Waals surface area contributed by atoms with Crippen LogP contribution in [0.3, 0.4) is 0 Å². The number of halogens is 1. The van der Waals surface area contributed by atoms with Crippen LogP contribution in [-0.2, 0) is 26.5 Å². The first-order valence-corrected chi connectivity index (χ1v) is 13.2. The summed E-state index contributed by atoms with van der Waals surface area (Å²) in [7, 11) is -7.41. The molecule has 30 heavy (non-hydrogen) atoms. The first-order valence-electron chi connectivity index (χ1n) is 9.77. The highest BCUT2D eigenvalue weighted by molar-refractivity contribution is 7.90. The topological polar surface area (TPSA) is 86.8 Å². The lowest BCUT2D eigenvalue weighted by atomic mass is 10.1. The summed E-state index contributed by atoms with van der Waals surface area (Å²) >= 11 is 5.89.